The molecule has 34 heavy (non-hydrogen) atoms. The molecule has 0 aromatic rings. The highest BCUT2D eigenvalue weighted by molar-refractivity contribution is 7.52. The highest BCUT2D eigenvalue weighted by atomic mass is 31.2. The van der Waals surface area contributed by atoms with E-state index >= 15 is 0 Å². The summed E-state index contributed by atoms with van der Waals surface area (Å²) in [5.74, 6) is -0.126. The van der Waals surface area contributed by atoms with Crippen LogP contribution in [0.4, 0.5) is 0 Å². The first-order chi connectivity index (χ1) is 16.3. The van der Waals surface area contributed by atoms with Gasteiger partial charge in [0.2, 0.25) is 0 Å². The van der Waals surface area contributed by atoms with Crippen molar-refractivity contribution >= 4 is 13.4 Å². The Morgan fingerprint density at radius 2 is 1.29 bits per heavy atom. The average Bonchev–Trinajstić information content (AvgIpc) is 2.78. The minimum absolute atomic E-state index is 0.0465. The quantitative estimate of drug-likeness (QED) is 0.0987. The third kappa shape index (κ3) is 24.9. The highest BCUT2D eigenvalue weighted by Crippen LogP contribution is 2.42. The second-order valence-electron chi connectivity index (χ2n) is 10.3. The predicted octanol–water partition coefficient (Wildman–Crippen LogP) is 7.23. The maximum absolute atomic E-state index is 12.1. The van der Waals surface area contributed by atoms with Crippen molar-refractivity contribution in [1.29, 1.82) is 0 Å². The number of hydrogen-bond acceptors (Lipinski definition) is 5. The number of carbonyl (C=O) groups is 1. The van der Waals surface area contributed by atoms with Gasteiger partial charge in [0, 0.05) is 25.5 Å². The molecule has 0 bridgehead atoms. The van der Waals surface area contributed by atoms with Gasteiger partial charge in [-0.25, -0.2) is 0 Å². The summed E-state index contributed by atoms with van der Waals surface area (Å²) in [5.41, 5.74) is 0. The van der Waals surface area contributed by atoms with Crippen LogP contribution in [-0.4, -0.2) is 62.2 Å². The van der Waals surface area contributed by atoms with Crippen LogP contribution in [0, 0.1) is 5.92 Å². The van der Waals surface area contributed by atoms with Gasteiger partial charge in [-0.2, -0.15) is 0 Å². The minimum atomic E-state index is -3.63. The lowest BCUT2D eigenvalue weighted by Crippen LogP contribution is -2.21. The number of rotatable bonds is 26. The molecule has 1 N–H and O–H groups in total. The largest absolute Gasteiger partial charge is 0.381 e. The number of nitrogens with zero attached hydrogens (tertiary/aromatic N) is 1. The molecule has 0 radical (unpaired) electrons. The van der Waals surface area contributed by atoms with Crippen molar-refractivity contribution in [3.8, 4) is 0 Å². The Labute approximate surface area is 211 Å². The monoisotopic (exact) mass is 505 g/mol. The Kier molecular flexibility index (Phi) is 23.0. The van der Waals surface area contributed by atoms with Gasteiger partial charge in [0.25, 0.3) is 0 Å². The molecule has 0 aliphatic rings. The molecule has 2 unspecified atom stereocenters. The zero-order valence-corrected chi connectivity index (χ0v) is 23.8. The molecule has 0 rings (SSSR count). The Morgan fingerprint density at radius 3 is 1.74 bits per heavy atom. The highest BCUT2D eigenvalue weighted by Gasteiger charge is 2.22. The van der Waals surface area contributed by atoms with Crippen molar-refractivity contribution < 1.29 is 23.5 Å². The number of hydrogen-bond donors (Lipinski definition) is 1. The van der Waals surface area contributed by atoms with Crippen LogP contribution < -0.4 is 0 Å². The summed E-state index contributed by atoms with van der Waals surface area (Å²) in [6.45, 7) is 5.44. The summed E-state index contributed by atoms with van der Waals surface area (Å²) in [4.78, 5) is 23.3. The van der Waals surface area contributed by atoms with Crippen LogP contribution in [0.3, 0.4) is 0 Å². The number of carbonyl (C=O) groups excluding carboxylic acids is 1. The van der Waals surface area contributed by atoms with E-state index in [1.807, 2.05) is 19.0 Å². The summed E-state index contributed by atoms with van der Waals surface area (Å²) >= 11 is 0. The predicted molar refractivity (Wildman–Crippen MR) is 144 cm³/mol. The molecule has 0 aromatic heterocycles. The Morgan fingerprint density at radius 1 is 0.824 bits per heavy atom. The molecule has 0 aliphatic heterocycles. The van der Waals surface area contributed by atoms with E-state index in [1.54, 1.807) is 0 Å². The number of unbranched alkanes of at least 4 members (excludes halogenated alkanes) is 14. The van der Waals surface area contributed by atoms with E-state index in [-0.39, 0.29) is 24.5 Å². The average molecular weight is 506 g/mol. The van der Waals surface area contributed by atoms with E-state index in [2.05, 4.69) is 6.92 Å². The lowest BCUT2D eigenvalue weighted by atomic mass is 10.0. The summed E-state index contributed by atoms with van der Waals surface area (Å²) < 4.78 is 23.2. The summed E-state index contributed by atoms with van der Waals surface area (Å²) in [6, 6.07) is 0. The van der Waals surface area contributed by atoms with Crippen LogP contribution in [0.25, 0.3) is 0 Å². The van der Waals surface area contributed by atoms with E-state index < -0.39 is 7.60 Å². The smallest absolute Gasteiger partial charge is 0.329 e. The van der Waals surface area contributed by atoms with Crippen LogP contribution in [0.1, 0.15) is 117 Å². The number of ketones is 1. The van der Waals surface area contributed by atoms with E-state index in [0.29, 0.717) is 26.2 Å². The second kappa shape index (κ2) is 23.2. The maximum atomic E-state index is 12.1. The fourth-order valence-corrected chi connectivity index (χ4v) is 5.24. The first kappa shape index (κ1) is 33.7. The van der Waals surface area contributed by atoms with Crippen LogP contribution >= 0.6 is 7.60 Å². The molecule has 6 nitrogen and oxygen atoms in total. The van der Waals surface area contributed by atoms with Gasteiger partial charge in [-0.15, -0.1) is 0 Å². The molecule has 0 aromatic carbocycles. The molecule has 204 valence electrons. The van der Waals surface area contributed by atoms with Gasteiger partial charge in [-0.1, -0.05) is 96.8 Å². The van der Waals surface area contributed by atoms with Gasteiger partial charge in [0.15, 0.2) is 0 Å². The van der Waals surface area contributed by atoms with Gasteiger partial charge in [-0.3, -0.25) is 4.57 Å². The van der Waals surface area contributed by atoms with Crippen LogP contribution in [0.5, 0.6) is 0 Å². The van der Waals surface area contributed by atoms with E-state index in [4.69, 9.17) is 9.26 Å². The molecule has 0 fully saturated rings. The topological polar surface area (TPSA) is 76.1 Å². The molecule has 0 heterocycles. The van der Waals surface area contributed by atoms with Crippen LogP contribution in [-0.2, 0) is 18.6 Å². The minimum Gasteiger partial charge on any atom is -0.381 e. The number of Topliss-reactive ketones (excluding diaryl/α,β-unsaturated/α-hetero) is 1. The Hall–Kier alpha value is -0.260. The summed E-state index contributed by atoms with van der Waals surface area (Å²) in [5, 5.41) is 0. The first-order valence-corrected chi connectivity index (χ1v) is 15.7. The lowest BCUT2D eigenvalue weighted by Gasteiger charge is -2.19. The van der Waals surface area contributed by atoms with Crippen molar-refractivity contribution in [2.24, 2.45) is 5.92 Å². The third-order valence-corrected chi connectivity index (χ3v) is 7.48. The maximum Gasteiger partial charge on any atom is 0.329 e. The van der Waals surface area contributed by atoms with Crippen LogP contribution in [0.15, 0.2) is 0 Å². The van der Waals surface area contributed by atoms with E-state index in [9.17, 15) is 14.3 Å². The molecule has 0 spiro atoms. The van der Waals surface area contributed by atoms with Gasteiger partial charge < -0.3 is 23.8 Å². The molecule has 0 aliphatic carbocycles. The van der Waals surface area contributed by atoms with Crippen LogP contribution in [0.2, 0.25) is 0 Å². The fourth-order valence-electron chi connectivity index (χ4n) is 4.01. The molecule has 0 saturated carbocycles. The molecular formula is C27H56NO5P. The van der Waals surface area contributed by atoms with Crippen molar-refractivity contribution in [3.63, 3.8) is 0 Å². The van der Waals surface area contributed by atoms with Crippen molar-refractivity contribution in [2.45, 2.75) is 117 Å². The zero-order chi connectivity index (χ0) is 25.5. The number of ether oxygens (including phenoxy) is 1. The lowest BCUT2D eigenvalue weighted by molar-refractivity contribution is -0.118. The van der Waals surface area contributed by atoms with Crippen molar-refractivity contribution in [1.82, 2.24) is 4.90 Å². The fraction of sp³-hybridized carbons (Fsp3) is 0.963. The van der Waals surface area contributed by atoms with Gasteiger partial charge in [0.05, 0.1) is 19.4 Å². The standard InChI is InChI=1S/C27H56NO5P/c1-5-6-7-8-9-10-11-12-13-14-15-16-17-18-19-21-32-24-27(23-26(2)29)25-33-34(30,31)22-20-28(3)4/h27H,5-25H2,1-4H3,(H,30,31). The summed E-state index contributed by atoms with van der Waals surface area (Å²) in [7, 11) is 0.0737. The SMILES string of the molecule is CCCCCCCCCCCCCCCCCOCC(COP(=O)(O)CCN(C)C)CC(C)=O. The molecule has 7 heteroatoms. The van der Waals surface area contributed by atoms with Gasteiger partial charge >= 0.3 is 7.60 Å². The third-order valence-electron chi connectivity index (χ3n) is 6.16. The molecule has 2 atom stereocenters. The molecule has 0 saturated heterocycles. The zero-order valence-electron chi connectivity index (χ0n) is 22.9. The Bertz CT molecular complexity index is 515. The Balaban J connectivity index is 3.65. The molecule has 0 amide bonds. The normalized spacial score (nSPS) is 14.4. The van der Waals surface area contributed by atoms with Gasteiger partial charge in [0.1, 0.15) is 5.78 Å². The second-order valence-corrected chi connectivity index (χ2v) is 12.2. The summed E-state index contributed by atoms with van der Waals surface area (Å²) in [6.07, 6.45) is 20.4. The first-order valence-electron chi connectivity index (χ1n) is 13.9. The molecular weight excluding hydrogens is 449 g/mol. The van der Waals surface area contributed by atoms with Gasteiger partial charge in [-0.05, 0) is 27.4 Å². The van der Waals surface area contributed by atoms with Crippen molar-refractivity contribution in [2.75, 3.05) is 46.6 Å². The van der Waals surface area contributed by atoms with Crippen molar-refractivity contribution in [3.05, 3.63) is 0 Å². The van der Waals surface area contributed by atoms with E-state index in [1.165, 1.54) is 96.8 Å². The van der Waals surface area contributed by atoms with E-state index in [0.717, 1.165) is 6.42 Å².